The number of esters is 1. The fraction of sp³-hybridized carbons (Fsp3) is 0.316. The molecule has 15 heteroatoms. The van der Waals surface area contributed by atoms with Crippen LogP contribution in [-0.4, -0.2) is 111 Å². The Hall–Kier alpha value is -5.38. The molecule has 3 heterocycles. The highest BCUT2D eigenvalue weighted by molar-refractivity contribution is 9.10. The molecule has 3 aromatic carbocycles. The molecular weight excluding hydrogens is 744 g/mol. The summed E-state index contributed by atoms with van der Waals surface area (Å²) < 4.78 is 8.18. The fourth-order valence-corrected chi connectivity index (χ4v) is 6.19. The summed E-state index contributed by atoms with van der Waals surface area (Å²) in [6.07, 6.45) is 2.41. The zero-order valence-electron chi connectivity index (χ0n) is 29.4. The quantitative estimate of drug-likeness (QED) is 0.130. The van der Waals surface area contributed by atoms with E-state index in [0.717, 1.165) is 27.7 Å². The summed E-state index contributed by atoms with van der Waals surface area (Å²) in [5, 5.41) is 14.2. The van der Waals surface area contributed by atoms with E-state index in [1.807, 2.05) is 99.3 Å². The van der Waals surface area contributed by atoms with Crippen LogP contribution in [0.2, 0.25) is 0 Å². The van der Waals surface area contributed by atoms with E-state index in [4.69, 9.17) is 4.74 Å². The first kappa shape index (κ1) is 38.8. The Labute approximate surface area is 316 Å². The molecule has 4 aromatic rings. The number of benzene rings is 3. The molecule has 2 aliphatic heterocycles. The number of hydrogen-bond acceptors (Lipinski definition) is 8. The molecule has 0 bridgehead atoms. The van der Waals surface area contributed by atoms with Crippen molar-refractivity contribution in [2.75, 3.05) is 45.8 Å². The summed E-state index contributed by atoms with van der Waals surface area (Å²) in [7, 11) is 0. The van der Waals surface area contributed by atoms with Gasteiger partial charge in [-0.1, -0.05) is 88.7 Å². The van der Waals surface area contributed by atoms with Gasteiger partial charge in [0, 0.05) is 63.8 Å². The topological polar surface area (TPSA) is 162 Å². The molecule has 14 nitrogen and oxygen atoms in total. The van der Waals surface area contributed by atoms with Gasteiger partial charge < -0.3 is 29.5 Å². The minimum absolute atomic E-state index is 0.0675. The minimum Gasteiger partial charge on any atom is -0.463 e. The second kappa shape index (κ2) is 19.5. The van der Waals surface area contributed by atoms with Crippen molar-refractivity contribution in [3.05, 3.63) is 124 Å². The summed E-state index contributed by atoms with van der Waals surface area (Å²) in [5.41, 5.74) is 6.27. The van der Waals surface area contributed by atoms with Gasteiger partial charge in [0.2, 0.25) is 11.8 Å². The van der Waals surface area contributed by atoms with Crippen LogP contribution in [0.4, 0.5) is 4.79 Å². The van der Waals surface area contributed by atoms with Crippen molar-refractivity contribution in [2.24, 2.45) is 4.99 Å². The lowest BCUT2D eigenvalue weighted by Crippen LogP contribution is -2.61. The van der Waals surface area contributed by atoms with Crippen molar-refractivity contribution < 1.29 is 29.0 Å². The van der Waals surface area contributed by atoms with Crippen LogP contribution in [-0.2, 0) is 38.7 Å². The van der Waals surface area contributed by atoms with Gasteiger partial charge in [0.05, 0.1) is 18.9 Å². The number of nitrogens with zero attached hydrogens (tertiary/aromatic N) is 6. The van der Waals surface area contributed by atoms with Gasteiger partial charge in [0.25, 0.3) is 0 Å². The van der Waals surface area contributed by atoms with Gasteiger partial charge in [0.15, 0.2) is 5.84 Å². The third-order valence-corrected chi connectivity index (χ3v) is 9.11. The molecule has 1 aromatic heterocycles. The molecule has 2 fully saturated rings. The Kier molecular flexibility index (Phi) is 14.3. The first-order chi connectivity index (χ1) is 25.7. The highest BCUT2D eigenvalue weighted by atomic mass is 79.9. The van der Waals surface area contributed by atoms with Crippen molar-refractivity contribution in [1.82, 2.24) is 35.1 Å². The Balaban J connectivity index is 0.000000231. The van der Waals surface area contributed by atoms with Gasteiger partial charge in [-0.25, -0.2) is 14.8 Å². The Morgan fingerprint density at radius 3 is 2.17 bits per heavy atom. The van der Waals surface area contributed by atoms with E-state index in [1.165, 1.54) is 6.92 Å². The average molecular weight is 788 g/mol. The molecule has 2 aliphatic rings. The van der Waals surface area contributed by atoms with Gasteiger partial charge in [-0.15, -0.1) is 0 Å². The summed E-state index contributed by atoms with van der Waals surface area (Å²) in [4.78, 5) is 59.3. The monoisotopic (exact) mass is 786 g/mol. The molecule has 0 saturated carbocycles. The molecule has 1 unspecified atom stereocenters. The summed E-state index contributed by atoms with van der Waals surface area (Å²) in [6.45, 7) is 5.97. The molecule has 0 radical (unpaired) electrons. The number of amidine groups is 1. The van der Waals surface area contributed by atoms with Crippen LogP contribution in [0, 0.1) is 0 Å². The maximum atomic E-state index is 12.7. The third-order valence-electron chi connectivity index (χ3n) is 8.58. The minimum atomic E-state index is -1.26. The highest BCUT2D eigenvalue weighted by Crippen LogP contribution is 2.16. The molecule has 278 valence electrons. The number of ether oxygens (including phenoxy) is 1. The molecule has 1 atom stereocenters. The first-order valence-electron chi connectivity index (χ1n) is 17.2. The van der Waals surface area contributed by atoms with E-state index in [2.05, 4.69) is 36.6 Å². The van der Waals surface area contributed by atoms with E-state index in [0.29, 0.717) is 63.8 Å². The SMILES string of the molecule is CC(=O)NN1CCNCC1C(=O)OCc1ccccc1.O=C(O)N=C(c1cncn1Cc1ccc(Br)cc1)N1CCN(C(=O)Cc2ccccc2)CC1. The number of carbonyl (C=O) groups is 4. The van der Waals surface area contributed by atoms with Crippen LogP contribution in [0.25, 0.3) is 0 Å². The van der Waals surface area contributed by atoms with Gasteiger partial charge in [-0.2, -0.15) is 4.99 Å². The molecule has 6 rings (SSSR count). The maximum Gasteiger partial charge on any atom is 0.433 e. The number of hydrazine groups is 1. The zero-order chi connectivity index (χ0) is 37.6. The number of aliphatic imine (C=N–C) groups is 1. The Morgan fingerprint density at radius 2 is 1.53 bits per heavy atom. The zero-order valence-corrected chi connectivity index (χ0v) is 31.0. The van der Waals surface area contributed by atoms with Crippen LogP contribution in [0.5, 0.6) is 0 Å². The smallest absolute Gasteiger partial charge is 0.433 e. The number of amides is 3. The van der Waals surface area contributed by atoms with E-state index in [-0.39, 0.29) is 24.4 Å². The second-order valence-electron chi connectivity index (χ2n) is 12.5. The molecule has 0 aliphatic carbocycles. The summed E-state index contributed by atoms with van der Waals surface area (Å²) >= 11 is 3.44. The molecule has 3 N–H and O–H groups in total. The lowest BCUT2D eigenvalue weighted by atomic mass is 10.1. The lowest BCUT2D eigenvalue weighted by Gasteiger charge is -2.36. The fourth-order valence-electron chi connectivity index (χ4n) is 5.93. The van der Waals surface area contributed by atoms with Crippen LogP contribution in [0.1, 0.15) is 29.3 Å². The van der Waals surface area contributed by atoms with E-state index in [1.54, 1.807) is 17.5 Å². The Bertz CT molecular complexity index is 1850. The van der Waals surface area contributed by atoms with E-state index < -0.39 is 12.1 Å². The van der Waals surface area contributed by atoms with Crippen molar-refractivity contribution in [3.63, 3.8) is 0 Å². The van der Waals surface area contributed by atoms with Crippen molar-refractivity contribution in [3.8, 4) is 0 Å². The first-order valence-corrected chi connectivity index (χ1v) is 18.0. The van der Waals surface area contributed by atoms with E-state index in [9.17, 15) is 24.3 Å². The number of nitrogens with one attached hydrogen (secondary N) is 2. The predicted octanol–water partition coefficient (Wildman–Crippen LogP) is 3.56. The number of carbonyl (C=O) groups excluding carboxylic acids is 3. The largest absolute Gasteiger partial charge is 0.463 e. The molecule has 2 saturated heterocycles. The number of carboxylic acid groups (broad SMARTS) is 1. The summed E-state index contributed by atoms with van der Waals surface area (Å²) in [5.74, 6) is -0.104. The van der Waals surface area contributed by atoms with Crippen LogP contribution in [0.15, 0.2) is 107 Å². The molecular formula is C38H43BrN8O6. The predicted molar refractivity (Wildman–Crippen MR) is 202 cm³/mol. The van der Waals surface area contributed by atoms with Crippen LogP contribution >= 0.6 is 15.9 Å². The van der Waals surface area contributed by atoms with Gasteiger partial charge in [-0.3, -0.25) is 19.8 Å². The molecule has 3 amide bonds. The molecule has 53 heavy (non-hydrogen) atoms. The van der Waals surface area contributed by atoms with Gasteiger partial charge >= 0.3 is 12.1 Å². The van der Waals surface area contributed by atoms with Crippen LogP contribution in [0.3, 0.4) is 0 Å². The number of aromatic nitrogens is 2. The van der Waals surface area contributed by atoms with Gasteiger partial charge in [0.1, 0.15) is 18.3 Å². The highest BCUT2D eigenvalue weighted by Gasteiger charge is 2.31. The average Bonchev–Trinajstić information content (AvgIpc) is 3.62. The van der Waals surface area contributed by atoms with Crippen molar-refractivity contribution in [2.45, 2.75) is 32.5 Å². The van der Waals surface area contributed by atoms with Crippen LogP contribution < -0.4 is 10.7 Å². The third kappa shape index (κ3) is 11.8. The number of halogens is 1. The number of hydrogen-bond donors (Lipinski definition) is 3. The molecule has 0 spiro atoms. The van der Waals surface area contributed by atoms with Crippen molar-refractivity contribution in [1.29, 1.82) is 0 Å². The number of imidazole rings is 1. The number of rotatable bonds is 9. The van der Waals surface area contributed by atoms with Crippen molar-refractivity contribution >= 4 is 45.6 Å². The lowest BCUT2D eigenvalue weighted by molar-refractivity contribution is -0.154. The maximum absolute atomic E-state index is 12.7. The standard InChI is InChI=1S/C24H24BrN5O3.C14H19N3O3/c25-20-8-6-19(7-9-20)16-30-17-26-15-21(30)23(27-24(32)33)29-12-10-28(11-13-29)22(31)14-18-4-2-1-3-5-18;1-11(18)16-17-8-7-15-9-13(17)14(19)20-10-12-5-3-2-4-6-12/h1-9,15,17H,10-14,16H2,(H,32,33);2-6,13,15H,7-10H2,1H3,(H,16,18). The summed E-state index contributed by atoms with van der Waals surface area (Å²) in [6, 6.07) is 26.6. The van der Waals surface area contributed by atoms with Gasteiger partial charge in [-0.05, 0) is 28.8 Å². The second-order valence-corrected chi connectivity index (χ2v) is 13.4. The Morgan fingerprint density at radius 1 is 0.887 bits per heavy atom. The van der Waals surface area contributed by atoms with E-state index >= 15 is 0 Å². The number of piperazine rings is 2. The normalized spacial score (nSPS) is 16.3.